The predicted octanol–water partition coefficient (Wildman–Crippen LogP) is 2.18. The number of para-hydroxylation sites is 1. The number of aromatic nitrogens is 3. The highest BCUT2D eigenvalue weighted by Gasteiger charge is 2.18. The topological polar surface area (TPSA) is 115 Å². The molecule has 30 heavy (non-hydrogen) atoms. The van der Waals surface area contributed by atoms with E-state index in [1.54, 1.807) is 18.2 Å². The number of hydrogen-bond donors (Lipinski definition) is 2. The summed E-state index contributed by atoms with van der Waals surface area (Å²) < 4.78 is 12.5. The lowest BCUT2D eigenvalue weighted by Gasteiger charge is -2.08. The molecule has 2 N–H and O–H groups in total. The van der Waals surface area contributed by atoms with Gasteiger partial charge in [0.1, 0.15) is 5.56 Å². The number of ether oxygens (including phenoxy) is 2. The third-order valence-corrected chi connectivity index (χ3v) is 5.55. The smallest absolute Gasteiger partial charge is 0.328 e. The summed E-state index contributed by atoms with van der Waals surface area (Å²) in [6.07, 6.45) is 1.11. The molecule has 0 fully saturated rings. The number of anilines is 1. The number of amides is 1. The molecule has 4 aromatic rings. The molecule has 3 heterocycles. The zero-order valence-electron chi connectivity index (χ0n) is 15.4. The molecule has 2 aromatic carbocycles. The third kappa shape index (κ3) is 3.22. The quantitative estimate of drug-likeness (QED) is 0.521. The first-order valence-corrected chi connectivity index (χ1v) is 9.78. The van der Waals surface area contributed by atoms with Crippen LogP contribution in [-0.2, 0) is 6.54 Å². The molecule has 1 aliphatic rings. The molecule has 150 valence electrons. The van der Waals surface area contributed by atoms with Gasteiger partial charge in [-0.3, -0.25) is 19.5 Å². The van der Waals surface area contributed by atoms with Crippen molar-refractivity contribution in [1.29, 1.82) is 0 Å². The van der Waals surface area contributed by atoms with Gasteiger partial charge in [-0.25, -0.2) is 9.78 Å². The molecule has 2 aromatic heterocycles. The van der Waals surface area contributed by atoms with Gasteiger partial charge in [0.15, 0.2) is 16.6 Å². The van der Waals surface area contributed by atoms with E-state index in [1.165, 1.54) is 11.3 Å². The van der Waals surface area contributed by atoms with Crippen molar-refractivity contribution in [2.45, 2.75) is 6.54 Å². The number of benzene rings is 2. The van der Waals surface area contributed by atoms with Crippen molar-refractivity contribution in [3.8, 4) is 11.5 Å². The Morgan fingerprint density at radius 2 is 2.00 bits per heavy atom. The van der Waals surface area contributed by atoms with Crippen molar-refractivity contribution in [2.75, 3.05) is 12.1 Å². The van der Waals surface area contributed by atoms with Crippen molar-refractivity contribution in [2.24, 2.45) is 0 Å². The van der Waals surface area contributed by atoms with Gasteiger partial charge in [-0.15, -0.1) is 0 Å². The summed E-state index contributed by atoms with van der Waals surface area (Å²) in [6, 6.07) is 12.6. The Morgan fingerprint density at radius 3 is 2.87 bits per heavy atom. The van der Waals surface area contributed by atoms with Crippen LogP contribution in [-0.4, -0.2) is 27.2 Å². The molecule has 1 aliphatic heterocycles. The maximum absolute atomic E-state index is 12.8. The monoisotopic (exact) mass is 422 g/mol. The molecule has 1 amide bonds. The maximum atomic E-state index is 12.8. The minimum atomic E-state index is -0.699. The van der Waals surface area contributed by atoms with Crippen LogP contribution in [0.15, 0.2) is 58.3 Å². The summed E-state index contributed by atoms with van der Waals surface area (Å²) in [5.41, 5.74) is -0.0890. The normalized spacial score (nSPS) is 12.3. The van der Waals surface area contributed by atoms with Crippen LogP contribution in [0.3, 0.4) is 0 Å². The molecule has 9 nitrogen and oxygen atoms in total. The van der Waals surface area contributed by atoms with Crippen LogP contribution >= 0.6 is 11.3 Å². The van der Waals surface area contributed by atoms with Crippen LogP contribution in [0.4, 0.5) is 5.13 Å². The standard InChI is InChI=1S/C20H14N4O5S/c25-17(23-19-22-13-3-1-2-4-16(13)30-19)12-8-21-20(27)24(18(12)26)9-11-5-6-14-15(7-11)29-10-28-14/h1-8H,9-10H2,(H,21,27)(H,22,23,25). The largest absolute Gasteiger partial charge is 0.454 e. The average Bonchev–Trinajstić information content (AvgIpc) is 3.36. The van der Waals surface area contributed by atoms with Crippen LogP contribution in [0.25, 0.3) is 10.2 Å². The summed E-state index contributed by atoms with van der Waals surface area (Å²) in [4.78, 5) is 44.5. The summed E-state index contributed by atoms with van der Waals surface area (Å²) in [6.45, 7) is 0.105. The number of thiazole rings is 1. The van der Waals surface area contributed by atoms with Gasteiger partial charge in [0.2, 0.25) is 6.79 Å². The Labute approximate surface area is 172 Å². The Hall–Kier alpha value is -3.92. The van der Waals surface area contributed by atoms with E-state index in [-0.39, 0.29) is 18.9 Å². The third-order valence-electron chi connectivity index (χ3n) is 4.60. The second kappa shape index (κ2) is 7.16. The lowest BCUT2D eigenvalue weighted by molar-refractivity contribution is 0.102. The summed E-state index contributed by atoms with van der Waals surface area (Å²) in [7, 11) is 0. The first-order chi connectivity index (χ1) is 14.6. The lowest BCUT2D eigenvalue weighted by atomic mass is 10.2. The second-order valence-electron chi connectivity index (χ2n) is 6.53. The highest BCUT2D eigenvalue weighted by molar-refractivity contribution is 7.22. The van der Waals surface area contributed by atoms with E-state index in [2.05, 4.69) is 15.3 Å². The highest BCUT2D eigenvalue weighted by atomic mass is 32.1. The van der Waals surface area contributed by atoms with Crippen molar-refractivity contribution in [3.63, 3.8) is 0 Å². The molecule has 0 aliphatic carbocycles. The Balaban J connectivity index is 1.44. The minimum absolute atomic E-state index is 0.0208. The van der Waals surface area contributed by atoms with E-state index in [1.807, 2.05) is 24.3 Å². The minimum Gasteiger partial charge on any atom is -0.454 e. The van der Waals surface area contributed by atoms with Crippen LogP contribution in [0, 0.1) is 0 Å². The maximum Gasteiger partial charge on any atom is 0.328 e. The van der Waals surface area contributed by atoms with E-state index in [0.717, 1.165) is 21.0 Å². The second-order valence-corrected chi connectivity index (χ2v) is 7.56. The van der Waals surface area contributed by atoms with Crippen molar-refractivity contribution in [1.82, 2.24) is 14.5 Å². The molecule has 0 bridgehead atoms. The van der Waals surface area contributed by atoms with Crippen LogP contribution in [0.1, 0.15) is 15.9 Å². The highest BCUT2D eigenvalue weighted by Crippen LogP contribution is 2.32. The number of nitrogens with zero attached hydrogens (tertiary/aromatic N) is 2. The van der Waals surface area contributed by atoms with Gasteiger partial charge in [-0.05, 0) is 29.8 Å². The Bertz CT molecular complexity index is 1370. The molecular formula is C20H14N4O5S. The fourth-order valence-corrected chi connectivity index (χ4v) is 3.99. The van der Waals surface area contributed by atoms with Gasteiger partial charge in [-0.1, -0.05) is 29.5 Å². The van der Waals surface area contributed by atoms with Gasteiger partial charge in [0.25, 0.3) is 11.5 Å². The van der Waals surface area contributed by atoms with E-state index in [4.69, 9.17) is 9.47 Å². The van der Waals surface area contributed by atoms with Crippen LogP contribution in [0.2, 0.25) is 0 Å². The van der Waals surface area contributed by atoms with Gasteiger partial charge in [0, 0.05) is 6.20 Å². The summed E-state index contributed by atoms with van der Waals surface area (Å²) >= 11 is 1.30. The Kier molecular flexibility index (Phi) is 4.32. The van der Waals surface area contributed by atoms with Crippen LogP contribution < -0.4 is 26.0 Å². The zero-order valence-corrected chi connectivity index (χ0v) is 16.2. The molecular weight excluding hydrogens is 408 g/mol. The van der Waals surface area contributed by atoms with E-state index in [9.17, 15) is 14.4 Å². The van der Waals surface area contributed by atoms with Gasteiger partial charge in [0.05, 0.1) is 16.8 Å². The molecule has 0 unspecified atom stereocenters. The van der Waals surface area contributed by atoms with Crippen molar-refractivity contribution in [3.05, 3.63) is 80.6 Å². The SMILES string of the molecule is O=C(Nc1nc2ccccc2s1)c1c[nH]c(=O)n(Cc2ccc3c(c2)OCO3)c1=O. The fraction of sp³-hybridized carbons (Fsp3) is 0.100. The van der Waals surface area contributed by atoms with Crippen molar-refractivity contribution < 1.29 is 14.3 Å². The van der Waals surface area contributed by atoms with Gasteiger partial charge < -0.3 is 14.5 Å². The molecule has 0 spiro atoms. The number of H-pyrrole nitrogens is 1. The molecule has 0 atom stereocenters. The molecule has 10 heteroatoms. The summed E-state index contributed by atoms with van der Waals surface area (Å²) in [5.74, 6) is 0.500. The molecule has 0 radical (unpaired) electrons. The van der Waals surface area contributed by atoms with Crippen LogP contribution in [0.5, 0.6) is 11.5 Å². The number of fused-ring (bicyclic) bond motifs is 2. The van der Waals surface area contributed by atoms with Crippen molar-refractivity contribution >= 4 is 32.6 Å². The predicted molar refractivity (Wildman–Crippen MR) is 111 cm³/mol. The van der Waals surface area contributed by atoms with E-state index in [0.29, 0.717) is 22.2 Å². The number of aromatic amines is 1. The fourth-order valence-electron chi connectivity index (χ4n) is 3.13. The first kappa shape index (κ1) is 18.1. The molecule has 5 rings (SSSR count). The number of rotatable bonds is 4. The lowest BCUT2D eigenvalue weighted by Crippen LogP contribution is -2.39. The van der Waals surface area contributed by atoms with Gasteiger partial charge >= 0.3 is 5.69 Å². The zero-order chi connectivity index (χ0) is 20.7. The number of hydrogen-bond acceptors (Lipinski definition) is 7. The number of carbonyl (C=O) groups excluding carboxylic acids is 1. The molecule has 0 saturated carbocycles. The first-order valence-electron chi connectivity index (χ1n) is 8.96. The summed E-state index contributed by atoms with van der Waals surface area (Å²) in [5, 5.41) is 3.00. The average molecular weight is 422 g/mol. The van der Waals surface area contributed by atoms with E-state index >= 15 is 0 Å². The molecule has 0 saturated heterocycles. The van der Waals surface area contributed by atoms with E-state index < -0.39 is 17.2 Å². The number of carbonyl (C=O) groups is 1. The Morgan fingerprint density at radius 1 is 1.17 bits per heavy atom. The van der Waals surface area contributed by atoms with Gasteiger partial charge in [-0.2, -0.15) is 0 Å². The number of nitrogens with one attached hydrogen (secondary N) is 2.